The lowest BCUT2D eigenvalue weighted by Gasteiger charge is -2.19. The van der Waals surface area contributed by atoms with Gasteiger partial charge in [0.05, 0.1) is 12.5 Å². The number of benzene rings is 1. The van der Waals surface area contributed by atoms with Crippen LogP contribution in [0.15, 0.2) is 28.7 Å². The summed E-state index contributed by atoms with van der Waals surface area (Å²) in [6, 6.07) is 8.73. The van der Waals surface area contributed by atoms with Gasteiger partial charge in [0, 0.05) is 23.1 Å². The van der Waals surface area contributed by atoms with Crippen molar-refractivity contribution < 1.29 is 9.59 Å². The molecule has 0 aliphatic carbocycles. The smallest absolute Gasteiger partial charge is 0.224 e. The van der Waals surface area contributed by atoms with E-state index in [4.69, 9.17) is 5.26 Å². The highest BCUT2D eigenvalue weighted by Crippen LogP contribution is 2.16. The molecule has 1 unspecified atom stereocenters. The fourth-order valence-electron chi connectivity index (χ4n) is 1.89. The molecule has 0 bridgehead atoms. The number of halogens is 1. The summed E-state index contributed by atoms with van der Waals surface area (Å²) in [5, 5.41) is 9.14. The van der Waals surface area contributed by atoms with E-state index < -0.39 is 5.92 Å². The summed E-state index contributed by atoms with van der Waals surface area (Å²) in [4.78, 5) is 25.8. The Morgan fingerprint density at radius 2 is 1.80 bits per heavy atom. The standard InChI is InChI=1S/C15H17BrN2O2/c1-3-18(4-2)14(19)9-12(10-17)15(20)11-5-7-13(16)8-6-11/h5-8,12H,3-4,9H2,1-2H3. The lowest BCUT2D eigenvalue weighted by Crippen LogP contribution is -2.33. The lowest BCUT2D eigenvalue weighted by molar-refractivity contribution is -0.131. The second kappa shape index (κ2) is 7.81. The van der Waals surface area contributed by atoms with Crippen LogP contribution in [0.3, 0.4) is 0 Å². The second-order valence-electron chi connectivity index (χ2n) is 4.32. The van der Waals surface area contributed by atoms with Crippen LogP contribution >= 0.6 is 15.9 Å². The Hall–Kier alpha value is -1.67. The molecule has 20 heavy (non-hydrogen) atoms. The Labute approximate surface area is 127 Å². The van der Waals surface area contributed by atoms with Gasteiger partial charge in [-0.25, -0.2) is 0 Å². The molecule has 0 fully saturated rings. The molecule has 0 spiro atoms. The molecule has 0 heterocycles. The molecule has 0 aliphatic heterocycles. The number of rotatable bonds is 6. The molecule has 1 aromatic carbocycles. The molecular weight excluding hydrogens is 320 g/mol. The summed E-state index contributed by atoms with van der Waals surface area (Å²) in [5.41, 5.74) is 0.451. The quantitative estimate of drug-likeness (QED) is 0.750. The van der Waals surface area contributed by atoms with E-state index in [0.717, 1.165) is 4.47 Å². The number of nitriles is 1. The number of carbonyl (C=O) groups excluding carboxylic acids is 2. The van der Waals surface area contributed by atoms with Crippen molar-refractivity contribution in [2.75, 3.05) is 13.1 Å². The highest BCUT2D eigenvalue weighted by Gasteiger charge is 2.24. The molecule has 106 valence electrons. The van der Waals surface area contributed by atoms with Gasteiger partial charge in [-0.15, -0.1) is 0 Å². The van der Waals surface area contributed by atoms with Crippen LogP contribution in [0, 0.1) is 17.2 Å². The zero-order valence-corrected chi connectivity index (χ0v) is 13.2. The number of nitrogens with zero attached hydrogens (tertiary/aromatic N) is 2. The van der Waals surface area contributed by atoms with Crippen LogP contribution < -0.4 is 0 Å². The molecule has 1 aromatic rings. The van der Waals surface area contributed by atoms with Gasteiger partial charge >= 0.3 is 0 Å². The molecule has 0 saturated carbocycles. The maximum atomic E-state index is 12.2. The van der Waals surface area contributed by atoms with Gasteiger partial charge in [-0.2, -0.15) is 5.26 Å². The third-order valence-corrected chi connectivity index (χ3v) is 3.62. The summed E-state index contributed by atoms with van der Waals surface area (Å²) in [7, 11) is 0. The van der Waals surface area contributed by atoms with Crippen LogP contribution in [0.4, 0.5) is 0 Å². The number of amides is 1. The van der Waals surface area contributed by atoms with E-state index in [2.05, 4.69) is 15.9 Å². The molecule has 5 heteroatoms. The van der Waals surface area contributed by atoms with Crippen LogP contribution in [-0.2, 0) is 4.79 Å². The minimum absolute atomic E-state index is 0.0624. The fourth-order valence-corrected chi connectivity index (χ4v) is 2.16. The number of hydrogen-bond acceptors (Lipinski definition) is 3. The Morgan fingerprint density at radius 1 is 1.25 bits per heavy atom. The van der Waals surface area contributed by atoms with Crippen LogP contribution in [-0.4, -0.2) is 29.7 Å². The highest BCUT2D eigenvalue weighted by atomic mass is 79.9. The van der Waals surface area contributed by atoms with Gasteiger partial charge < -0.3 is 4.90 Å². The Kier molecular flexibility index (Phi) is 6.40. The summed E-state index contributed by atoms with van der Waals surface area (Å²) < 4.78 is 0.863. The van der Waals surface area contributed by atoms with E-state index in [1.807, 2.05) is 19.9 Å². The summed E-state index contributed by atoms with van der Waals surface area (Å²) in [6.45, 7) is 4.92. The molecule has 0 N–H and O–H groups in total. The first kappa shape index (κ1) is 16.4. The van der Waals surface area contributed by atoms with Gasteiger partial charge in [0.2, 0.25) is 5.91 Å². The van der Waals surface area contributed by atoms with E-state index >= 15 is 0 Å². The molecule has 0 saturated heterocycles. The number of carbonyl (C=O) groups is 2. The zero-order chi connectivity index (χ0) is 15.1. The van der Waals surface area contributed by atoms with Gasteiger partial charge in [0.1, 0.15) is 5.92 Å². The van der Waals surface area contributed by atoms with Crippen molar-refractivity contribution in [3.05, 3.63) is 34.3 Å². The topological polar surface area (TPSA) is 61.2 Å². The molecular formula is C15H17BrN2O2. The molecule has 1 atom stereocenters. The van der Waals surface area contributed by atoms with Crippen molar-refractivity contribution in [2.45, 2.75) is 20.3 Å². The van der Waals surface area contributed by atoms with Crippen molar-refractivity contribution in [1.29, 1.82) is 5.26 Å². The predicted octanol–water partition coefficient (Wildman–Crippen LogP) is 3.03. The third-order valence-electron chi connectivity index (χ3n) is 3.10. The first-order valence-corrected chi connectivity index (χ1v) is 7.29. The lowest BCUT2D eigenvalue weighted by atomic mass is 9.95. The number of ketones is 1. The minimum atomic E-state index is -0.927. The third kappa shape index (κ3) is 4.17. The molecule has 0 aliphatic rings. The van der Waals surface area contributed by atoms with Gasteiger partial charge in [0.25, 0.3) is 0 Å². The Bertz CT molecular complexity index is 516. The first-order valence-electron chi connectivity index (χ1n) is 6.50. The summed E-state index contributed by atoms with van der Waals surface area (Å²) >= 11 is 3.29. The normalized spacial score (nSPS) is 11.5. The van der Waals surface area contributed by atoms with E-state index in [1.165, 1.54) is 0 Å². The second-order valence-corrected chi connectivity index (χ2v) is 5.24. The Morgan fingerprint density at radius 3 is 2.25 bits per heavy atom. The average Bonchev–Trinajstić information content (AvgIpc) is 2.46. The average molecular weight is 337 g/mol. The van der Waals surface area contributed by atoms with Gasteiger partial charge in [-0.3, -0.25) is 9.59 Å². The minimum Gasteiger partial charge on any atom is -0.343 e. The van der Waals surface area contributed by atoms with Crippen molar-refractivity contribution in [3.63, 3.8) is 0 Å². The SMILES string of the molecule is CCN(CC)C(=O)CC(C#N)C(=O)c1ccc(Br)cc1. The van der Waals surface area contributed by atoms with Crippen molar-refractivity contribution >= 4 is 27.6 Å². The maximum absolute atomic E-state index is 12.2. The number of Topliss-reactive ketones (excluding diaryl/α,β-unsaturated/α-hetero) is 1. The van der Waals surface area contributed by atoms with Crippen molar-refractivity contribution in [1.82, 2.24) is 4.90 Å². The van der Waals surface area contributed by atoms with E-state index in [9.17, 15) is 9.59 Å². The van der Waals surface area contributed by atoms with Gasteiger partial charge in [0.15, 0.2) is 5.78 Å². The maximum Gasteiger partial charge on any atom is 0.224 e. The molecule has 1 rings (SSSR count). The van der Waals surface area contributed by atoms with E-state index in [0.29, 0.717) is 18.7 Å². The monoisotopic (exact) mass is 336 g/mol. The van der Waals surface area contributed by atoms with Crippen molar-refractivity contribution in [2.24, 2.45) is 5.92 Å². The zero-order valence-electron chi connectivity index (χ0n) is 11.6. The predicted molar refractivity (Wildman–Crippen MR) is 80.1 cm³/mol. The number of hydrogen-bond donors (Lipinski definition) is 0. The highest BCUT2D eigenvalue weighted by molar-refractivity contribution is 9.10. The van der Waals surface area contributed by atoms with Crippen molar-refractivity contribution in [3.8, 4) is 6.07 Å². The molecule has 1 amide bonds. The van der Waals surface area contributed by atoms with Crippen LogP contribution in [0.5, 0.6) is 0 Å². The fraction of sp³-hybridized carbons (Fsp3) is 0.400. The first-order chi connectivity index (χ1) is 9.53. The largest absolute Gasteiger partial charge is 0.343 e. The Balaban J connectivity index is 2.81. The molecule has 0 aromatic heterocycles. The molecule has 0 radical (unpaired) electrons. The molecule has 4 nitrogen and oxygen atoms in total. The van der Waals surface area contributed by atoms with Crippen LogP contribution in [0.1, 0.15) is 30.6 Å². The van der Waals surface area contributed by atoms with Crippen LogP contribution in [0.25, 0.3) is 0 Å². The van der Waals surface area contributed by atoms with Gasteiger partial charge in [-0.05, 0) is 26.0 Å². The van der Waals surface area contributed by atoms with E-state index in [-0.39, 0.29) is 18.1 Å². The van der Waals surface area contributed by atoms with Gasteiger partial charge in [-0.1, -0.05) is 28.1 Å². The van der Waals surface area contributed by atoms with Crippen LogP contribution in [0.2, 0.25) is 0 Å². The summed E-state index contributed by atoms with van der Waals surface area (Å²) in [6.07, 6.45) is -0.0624. The van der Waals surface area contributed by atoms with E-state index in [1.54, 1.807) is 29.2 Å². The summed E-state index contributed by atoms with van der Waals surface area (Å²) in [5.74, 6) is -1.39.